The van der Waals surface area contributed by atoms with Crippen molar-refractivity contribution in [2.24, 2.45) is 5.92 Å². The largest absolute Gasteiger partial charge is 0.481 e. The second-order valence-electron chi connectivity index (χ2n) is 4.36. The van der Waals surface area contributed by atoms with Gasteiger partial charge < -0.3 is 14.9 Å². The number of rotatable bonds is 3. The Morgan fingerprint density at radius 3 is 2.76 bits per heavy atom. The van der Waals surface area contributed by atoms with Crippen LogP contribution in [0.15, 0.2) is 0 Å². The van der Waals surface area contributed by atoms with Gasteiger partial charge in [0.1, 0.15) is 0 Å². The minimum absolute atomic E-state index is 0.0550. The van der Waals surface area contributed by atoms with Crippen LogP contribution in [0.3, 0.4) is 0 Å². The number of carbonyl (C=O) groups is 2. The number of urea groups is 1. The van der Waals surface area contributed by atoms with E-state index in [2.05, 4.69) is 0 Å². The molecule has 0 aliphatic carbocycles. The number of carboxylic acid groups (broad SMARTS) is 1. The van der Waals surface area contributed by atoms with Gasteiger partial charge in [0, 0.05) is 32.4 Å². The maximum absolute atomic E-state index is 12.1. The van der Waals surface area contributed by atoms with Crippen LogP contribution in [0.5, 0.6) is 0 Å². The van der Waals surface area contributed by atoms with E-state index >= 15 is 0 Å². The molecule has 5 nitrogen and oxygen atoms in total. The highest BCUT2D eigenvalue weighted by molar-refractivity contribution is 7.99. The van der Waals surface area contributed by atoms with Crippen molar-refractivity contribution in [1.82, 2.24) is 9.80 Å². The second-order valence-corrected chi connectivity index (χ2v) is 5.58. The highest BCUT2D eigenvalue weighted by atomic mass is 32.2. The number of hydrogen-bond acceptors (Lipinski definition) is 3. The zero-order chi connectivity index (χ0) is 12.8. The maximum atomic E-state index is 12.1. The summed E-state index contributed by atoms with van der Waals surface area (Å²) in [6.45, 7) is 3.41. The molecule has 1 unspecified atom stereocenters. The van der Waals surface area contributed by atoms with Crippen molar-refractivity contribution in [3.05, 3.63) is 0 Å². The minimum atomic E-state index is -0.865. The summed E-state index contributed by atoms with van der Waals surface area (Å²) in [6, 6.07) is -0.0550. The lowest BCUT2D eigenvalue weighted by atomic mass is 10.2. The zero-order valence-electron chi connectivity index (χ0n) is 10.4. The third-order valence-corrected chi connectivity index (χ3v) is 3.84. The molecular formula is C11H20N2O3S. The van der Waals surface area contributed by atoms with E-state index in [0.29, 0.717) is 0 Å². The van der Waals surface area contributed by atoms with Crippen LogP contribution in [-0.2, 0) is 4.79 Å². The Hall–Kier alpha value is -0.910. The van der Waals surface area contributed by atoms with Crippen molar-refractivity contribution in [3.63, 3.8) is 0 Å². The molecular weight excluding hydrogens is 240 g/mol. The molecule has 0 bridgehead atoms. The van der Waals surface area contributed by atoms with Crippen LogP contribution in [-0.4, -0.2) is 65.1 Å². The van der Waals surface area contributed by atoms with Gasteiger partial charge in [-0.1, -0.05) is 6.92 Å². The van der Waals surface area contributed by atoms with Crippen molar-refractivity contribution in [1.29, 1.82) is 0 Å². The summed E-state index contributed by atoms with van der Waals surface area (Å²) >= 11 is 1.86. The Morgan fingerprint density at radius 2 is 2.12 bits per heavy atom. The first-order chi connectivity index (χ1) is 8.02. The summed E-state index contributed by atoms with van der Waals surface area (Å²) in [6.07, 6.45) is 1.01. The molecule has 0 spiro atoms. The third-order valence-electron chi connectivity index (χ3n) is 2.79. The van der Waals surface area contributed by atoms with Crippen molar-refractivity contribution in [3.8, 4) is 0 Å². The van der Waals surface area contributed by atoms with Gasteiger partial charge in [-0.3, -0.25) is 4.79 Å². The SMILES string of the molecule is CC(CN(C)C(=O)N1CCCSCC1)C(=O)O. The minimum Gasteiger partial charge on any atom is -0.481 e. The van der Waals surface area contributed by atoms with Crippen molar-refractivity contribution in [2.75, 3.05) is 38.2 Å². The Balaban J connectivity index is 2.47. The molecule has 6 heteroatoms. The van der Waals surface area contributed by atoms with Crippen LogP contribution >= 0.6 is 11.8 Å². The van der Waals surface area contributed by atoms with E-state index in [9.17, 15) is 9.59 Å². The maximum Gasteiger partial charge on any atom is 0.319 e. The predicted octanol–water partition coefficient (Wildman–Crippen LogP) is 1.20. The van der Waals surface area contributed by atoms with E-state index in [1.165, 1.54) is 4.90 Å². The lowest BCUT2D eigenvalue weighted by Gasteiger charge is -2.27. The third kappa shape index (κ3) is 4.46. The van der Waals surface area contributed by atoms with Crippen LogP contribution < -0.4 is 0 Å². The summed E-state index contributed by atoms with van der Waals surface area (Å²) in [5, 5.41) is 8.81. The van der Waals surface area contributed by atoms with E-state index < -0.39 is 11.9 Å². The zero-order valence-corrected chi connectivity index (χ0v) is 11.2. The van der Waals surface area contributed by atoms with Crippen molar-refractivity contribution < 1.29 is 14.7 Å². The van der Waals surface area contributed by atoms with Crippen LogP contribution in [0.1, 0.15) is 13.3 Å². The van der Waals surface area contributed by atoms with Gasteiger partial charge >= 0.3 is 12.0 Å². The normalized spacial score (nSPS) is 18.4. The Kier molecular flexibility index (Phi) is 5.61. The summed E-state index contributed by atoms with van der Waals surface area (Å²) in [5.41, 5.74) is 0. The number of hydrogen-bond donors (Lipinski definition) is 1. The van der Waals surface area contributed by atoms with Crippen LogP contribution in [0, 0.1) is 5.92 Å². The van der Waals surface area contributed by atoms with Crippen LogP contribution in [0.25, 0.3) is 0 Å². The molecule has 1 aliphatic rings. The number of nitrogens with zero attached hydrogens (tertiary/aromatic N) is 2. The molecule has 1 atom stereocenters. The topological polar surface area (TPSA) is 60.9 Å². The lowest BCUT2D eigenvalue weighted by Crippen LogP contribution is -2.44. The first-order valence-electron chi connectivity index (χ1n) is 5.83. The Labute approximate surface area is 106 Å². The monoisotopic (exact) mass is 260 g/mol. The van der Waals surface area contributed by atoms with Gasteiger partial charge in [0.05, 0.1) is 5.92 Å². The fourth-order valence-corrected chi connectivity index (χ4v) is 2.63. The van der Waals surface area contributed by atoms with Crippen molar-refractivity contribution >= 4 is 23.8 Å². The van der Waals surface area contributed by atoms with E-state index in [4.69, 9.17) is 5.11 Å². The van der Waals surface area contributed by atoms with Gasteiger partial charge in [-0.25, -0.2) is 4.79 Å². The van der Waals surface area contributed by atoms with E-state index in [0.717, 1.165) is 31.0 Å². The average Bonchev–Trinajstić information content (AvgIpc) is 2.56. The molecule has 17 heavy (non-hydrogen) atoms. The number of carbonyl (C=O) groups excluding carboxylic acids is 1. The fraction of sp³-hybridized carbons (Fsp3) is 0.818. The molecule has 0 aromatic heterocycles. The number of aliphatic carboxylic acids is 1. The standard InChI is InChI=1S/C11H20N2O3S/c1-9(10(14)15)8-12(2)11(16)13-4-3-6-17-7-5-13/h9H,3-8H2,1-2H3,(H,14,15). The molecule has 0 saturated carbocycles. The first-order valence-corrected chi connectivity index (χ1v) is 6.98. The Bertz CT molecular complexity index is 278. The van der Waals surface area contributed by atoms with Gasteiger partial charge in [-0.05, 0) is 12.2 Å². The molecule has 1 fully saturated rings. The lowest BCUT2D eigenvalue weighted by molar-refractivity contribution is -0.141. The quantitative estimate of drug-likeness (QED) is 0.828. The van der Waals surface area contributed by atoms with Gasteiger partial charge in [-0.2, -0.15) is 11.8 Å². The summed E-state index contributed by atoms with van der Waals surface area (Å²) < 4.78 is 0. The van der Waals surface area contributed by atoms with Gasteiger partial charge in [0.25, 0.3) is 0 Å². The highest BCUT2D eigenvalue weighted by Gasteiger charge is 2.22. The molecule has 0 aromatic carbocycles. The molecule has 1 N–H and O–H groups in total. The van der Waals surface area contributed by atoms with Crippen LogP contribution in [0.4, 0.5) is 4.79 Å². The molecule has 0 radical (unpaired) electrons. The predicted molar refractivity (Wildman–Crippen MR) is 68.3 cm³/mol. The summed E-state index contributed by atoms with van der Waals surface area (Å²) in [7, 11) is 1.67. The number of thioether (sulfide) groups is 1. The molecule has 1 rings (SSSR count). The fourth-order valence-electron chi connectivity index (χ4n) is 1.75. The average molecular weight is 260 g/mol. The highest BCUT2D eigenvalue weighted by Crippen LogP contribution is 2.12. The molecule has 1 aliphatic heterocycles. The summed E-state index contributed by atoms with van der Waals surface area (Å²) in [4.78, 5) is 26.1. The van der Waals surface area contributed by atoms with Crippen molar-refractivity contribution in [2.45, 2.75) is 13.3 Å². The van der Waals surface area contributed by atoms with Crippen LogP contribution in [0.2, 0.25) is 0 Å². The van der Waals surface area contributed by atoms with E-state index in [-0.39, 0.29) is 12.6 Å². The molecule has 98 valence electrons. The second kappa shape index (κ2) is 6.74. The Morgan fingerprint density at radius 1 is 1.41 bits per heavy atom. The number of amides is 2. The molecule has 0 aromatic rings. The summed E-state index contributed by atoms with van der Waals surface area (Å²) in [5.74, 6) is 0.675. The number of carboxylic acids is 1. The van der Waals surface area contributed by atoms with E-state index in [1.54, 1.807) is 14.0 Å². The van der Waals surface area contributed by atoms with Gasteiger partial charge in [0.15, 0.2) is 0 Å². The smallest absolute Gasteiger partial charge is 0.319 e. The van der Waals surface area contributed by atoms with Gasteiger partial charge in [-0.15, -0.1) is 0 Å². The van der Waals surface area contributed by atoms with Gasteiger partial charge in [0.2, 0.25) is 0 Å². The molecule has 1 saturated heterocycles. The van der Waals surface area contributed by atoms with E-state index in [1.807, 2.05) is 16.7 Å². The molecule has 2 amide bonds. The first kappa shape index (κ1) is 14.2. The molecule has 1 heterocycles.